The number of amides is 1. The fourth-order valence-corrected chi connectivity index (χ4v) is 2.12. The Morgan fingerprint density at radius 1 is 1.50 bits per heavy atom. The Bertz CT molecular complexity index is 583. The lowest BCUT2D eigenvalue weighted by Gasteiger charge is -2.02. The van der Waals surface area contributed by atoms with E-state index in [1.54, 1.807) is 10.8 Å². The smallest absolute Gasteiger partial charge is 0.433 e. The Hall–Kier alpha value is -1.88. The molecule has 0 aliphatic carbocycles. The van der Waals surface area contributed by atoms with Gasteiger partial charge in [0.05, 0.1) is 0 Å². The van der Waals surface area contributed by atoms with Gasteiger partial charge in [0.1, 0.15) is 0 Å². The molecular formula is C11H10N2O2S. The van der Waals surface area contributed by atoms with Crippen LogP contribution in [0.2, 0.25) is 0 Å². The van der Waals surface area contributed by atoms with Gasteiger partial charge in [-0.15, -0.1) is 16.3 Å². The molecule has 0 saturated carbocycles. The van der Waals surface area contributed by atoms with E-state index in [0.717, 1.165) is 11.3 Å². The van der Waals surface area contributed by atoms with Gasteiger partial charge in [-0.05, 0) is 24.6 Å². The lowest BCUT2D eigenvalue weighted by atomic mass is 10.2. The highest BCUT2D eigenvalue weighted by Gasteiger charge is 2.00. The molecule has 0 aliphatic heterocycles. The first-order valence-corrected chi connectivity index (χ1v) is 5.55. The largest absolute Gasteiger partial charge is 0.463 e. The molecule has 16 heavy (non-hydrogen) atoms. The number of carbonyl (C=O) groups is 1. The monoisotopic (exact) mass is 234 g/mol. The second-order valence-electron chi connectivity index (χ2n) is 3.29. The Morgan fingerprint density at radius 3 is 3.00 bits per heavy atom. The van der Waals surface area contributed by atoms with E-state index < -0.39 is 6.09 Å². The van der Waals surface area contributed by atoms with Crippen molar-refractivity contribution >= 4 is 17.4 Å². The minimum Gasteiger partial charge on any atom is -0.463 e. The SMILES string of the molecule is Cc1cccc(-n2ccs/c2=N/C(=O)O)c1. The standard InChI is InChI=1S/C11H10N2O2S/c1-8-3-2-4-9(7-8)13-5-6-16-10(13)12-11(14)15/h2-7H,1H3,(H,14,15)/b12-10+. The van der Waals surface area contributed by atoms with Crippen LogP contribution in [-0.4, -0.2) is 15.8 Å². The topological polar surface area (TPSA) is 54.6 Å². The molecule has 2 rings (SSSR count). The van der Waals surface area contributed by atoms with Crippen LogP contribution in [-0.2, 0) is 0 Å². The number of hydrogen-bond donors (Lipinski definition) is 1. The van der Waals surface area contributed by atoms with Crippen LogP contribution in [0.25, 0.3) is 5.69 Å². The number of hydrogen-bond acceptors (Lipinski definition) is 2. The molecule has 0 spiro atoms. The van der Waals surface area contributed by atoms with Gasteiger partial charge in [-0.25, -0.2) is 4.79 Å². The maximum Gasteiger partial charge on any atom is 0.433 e. The van der Waals surface area contributed by atoms with Crippen molar-refractivity contribution in [1.82, 2.24) is 4.57 Å². The molecule has 1 amide bonds. The maximum absolute atomic E-state index is 10.5. The highest BCUT2D eigenvalue weighted by atomic mass is 32.1. The molecule has 1 heterocycles. The van der Waals surface area contributed by atoms with Gasteiger partial charge in [-0.2, -0.15) is 0 Å². The molecule has 0 radical (unpaired) electrons. The highest BCUT2D eigenvalue weighted by molar-refractivity contribution is 7.07. The van der Waals surface area contributed by atoms with Gasteiger partial charge in [-0.1, -0.05) is 12.1 Å². The van der Waals surface area contributed by atoms with E-state index in [2.05, 4.69) is 4.99 Å². The van der Waals surface area contributed by atoms with Crippen LogP contribution in [0.5, 0.6) is 0 Å². The van der Waals surface area contributed by atoms with E-state index in [1.165, 1.54) is 11.3 Å². The number of rotatable bonds is 1. The zero-order valence-electron chi connectivity index (χ0n) is 8.62. The van der Waals surface area contributed by atoms with Crippen LogP contribution in [0.4, 0.5) is 4.79 Å². The average molecular weight is 234 g/mol. The van der Waals surface area contributed by atoms with Gasteiger partial charge in [0.25, 0.3) is 0 Å². The first-order valence-electron chi connectivity index (χ1n) is 4.67. The number of benzene rings is 1. The quantitative estimate of drug-likeness (QED) is 0.823. The van der Waals surface area contributed by atoms with E-state index >= 15 is 0 Å². The second-order valence-corrected chi connectivity index (χ2v) is 4.16. The number of aryl methyl sites for hydroxylation is 1. The van der Waals surface area contributed by atoms with Crippen molar-refractivity contribution in [2.45, 2.75) is 6.92 Å². The molecular weight excluding hydrogens is 224 g/mol. The summed E-state index contributed by atoms with van der Waals surface area (Å²) in [6.45, 7) is 1.99. The first-order chi connectivity index (χ1) is 7.66. The zero-order chi connectivity index (χ0) is 11.5. The summed E-state index contributed by atoms with van der Waals surface area (Å²) in [4.78, 5) is 14.5. The molecule has 1 aromatic carbocycles. The van der Waals surface area contributed by atoms with Crippen molar-refractivity contribution in [1.29, 1.82) is 0 Å². The van der Waals surface area contributed by atoms with Crippen LogP contribution < -0.4 is 4.80 Å². The third-order valence-electron chi connectivity index (χ3n) is 2.06. The van der Waals surface area contributed by atoms with Gasteiger partial charge in [0.15, 0.2) is 0 Å². The van der Waals surface area contributed by atoms with Crippen LogP contribution in [0, 0.1) is 6.92 Å². The average Bonchev–Trinajstić information content (AvgIpc) is 2.65. The molecule has 0 aliphatic rings. The summed E-state index contributed by atoms with van der Waals surface area (Å²) in [5, 5.41) is 10.4. The molecule has 0 fully saturated rings. The van der Waals surface area contributed by atoms with Gasteiger partial charge in [0, 0.05) is 17.3 Å². The summed E-state index contributed by atoms with van der Waals surface area (Å²) in [5.74, 6) is 0. The molecule has 1 aromatic heterocycles. The normalized spacial score (nSPS) is 11.7. The van der Waals surface area contributed by atoms with Crippen LogP contribution in [0.3, 0.4) is 0 Å². The Balaban J connectivity index is 2.57. The number of nitrogens with zero attached hydrogens (tertiary/aromatic N) is 2. The van der Waals surface area contributed by atoms with Crippen molar-refractivity contribution in [3.63, 3.8) is 0 Å². The summed E-state index contributed by atoms with van der Waals surface area (Å²) >= 11 is 1.29. The van der Waals surface area contributed by atoms with Crippen LogP contribution >= 0.6 is 11.3 Å². The molecule has 4 nitrogen and oxygen atoms in total. The minimum absolute atomic E-state index is 0.457. The summed E-state index contributed by atoms with van der Waals surface area (Å²) < 4.78 is 1.76. The summed E-state index contributed by atoms with van der Waals surface area (Å²) in [6.07, 6.45) is 0.630. The number of aromatic nitrogens is 1. The van der Waals surface area contributed by atoms with Gasteiger partial charge >= 0.3 is 6.09 Å². The molecule has 0 bridgehead atoms. The van der Waals surface area contributed by atoms with E-state index in [0.29, 0.717) is 4.80 Å². The summed E-state index contributed by atoms with van der Waals surface area (Å²) in [5.41, 5.74) is 2.04. The summed E-state index contributed by atoms with van der Waals surface area (Å²) in [6, 6.07) is 7.82. The summed E-state index contributed by atoms with van der Waals surface area (Å²) in [7, 11) is 0. The fraction of sp³-hybridized carbons (Fsp3) is 0.0909. The van der Waals surface area contributed by atoms with Crippen molar-refractivity contribution in [2.75, 3.05) is 0 Å². The lowest BCUT2D eigenvalue weighted by Crippen LogP contribution is -2.13. The molecule has 82 valence electrons. The third-order valence-corrected chi connectivity index (χ3v) is 2.82. The zero-order valence-corrected chi connectivity index (χ0v) is 9.44. The van der Waals surface area contributed by atoms with Crippen molar-refractivity contribution < 1.29 is 9.90 Å². The molecule has 5 heteroatoms. The second kappa shape index (κ2) is 4.32. The van der Waals surface area contributed by atoms with Gasteiger partial charge < -0.3 is 5.11 Å². The van der Waals surface area contributed by atoms with E-state index in [-0.39, 0.29) is 0 Å². The first kappa shape index (κ1) is 10.6. The van der Waals surface area contributed by atoms with Crippen LogP contribution in [0.15, 0.2) is 40.8 Å². The van der Waals surface area contributed by atoms with Crippen molar-refractivity contribution in [3.05, 3.63) is 46.2 Å². The van der Waals surface area contributed by atoms with E-state index in [4.69, 9.17) is 5.11 Å². The predicted molar refractivity (Wildman–Crippen MR) is 62.0 cm³/mol. The lowest BCUT2D eigenvalue weighted by molar-refractivity contribution is 0.204. The van der Waals surface area contributed by atoms with Gasteiger partial charge in [0.2, 0.25) is 4.80 Å². The Kier molecular flexibility index (Phi) is 2.87. The fourth-order valence-electron chi connectivity index (χ4n) is 1.41. The molecule has 2 aromatic rings. The highest BCUT2D eigenvalue weighted by Crippen LogP contribution is 2.08. The molecule has 0 saturated heterocycles. The van der Waals surface area contributed by atoms with Gasteiger partial charge in [-0.3, -0.25) is 4.57 Å². The molecule has 0 atom stereocenters. The number of thiazole rings is 1. The number of carboxylic acid groups (broad SMARTS) is 1. The van der Waals surface area contributed by atoms with Crippen LogP contribution in [0.1, 0.15) is 5.56 Å². The Morgan fingerprint density at radius 2 is 2.31 bits per heavy atom. The molecule has 1 N–H and O–H groups in total. The predicted octanol–water partition coefficient (Wildman–Crippen LogP) is 2.43. The molecule has 0 unspecified atom stereocenters. The Labute approximate surface area is 96.1 Å². The maximum atomic E-state index is 10.5. The minimum atomic E-state index is -1.18. The van der Waals surface area contributed by atoms with Crippen molar-refractivity contribution in [2.24, 2.45) is 4.99 Å². The van der Waals surface area contributed by atoms with E-state index in [9.17, 15) is 4.79 Å². The van der Waals surface area contributed by atoms with E-state index in [1.807, 2.05) is 36.6 Å². The van der Waals surface area contributed by atoms with Crippen molar-refractivity contribution in [3.8, 4) is 5.69 Å². The third kappa shape index (κ3) is 2.20.